The first kappa shape index (κ1) is 15.4. The molecule has 1 saturated heterocycles. The van der Waals surface area contributed by atoms with Gasteiger partial charge in [0.15, 0.2) is 11.5 Å². The van der Waals surface area contributed by atoms with E-state index in [9.17, 15) is 4.79 Å². The van der Waals surface area contributed by atoms with Crippen LogP contribution in [-0.2, 0) is 4.79 Å². The van der Waals surface area contributed by atoms with E-state index in [-0.39, 0.29) is 11.9 Å². The summed E-state index contributed by atoms with van der Waals surface area (Å²) < 4.78 is 10.6. The highest BCUT2D eigenvalue weighted by Gasteiger charge is 2.46. The number of carbonyl (C=O) groups is 1. The summed E-state index contributed by atoms with van der Waals surface area (Å²) in [6, 6.07) is 12.7. The zero-order valence-corrected chi connectivity index (χ0v) is 13.4. The Morgan fingerprint density at radius 1 is 1.04 bits per heavy atom. The van der Waals surface area contributed by atoms with Gasteiger partial charge in [0, 0.05) is 5.69 Å². The SMILES string of the molecule is COc1ccc([C@@H]2[C@H](N)C(=O)N2c2cccc(C)c2)cc1OC. The standard InChI is InChI=1S/C18H20N2O3/c1-11-5-4-6-13(9-11)20-17(16(19)18(20)21)12-7-8-14(22-2)15(10-12)23-3/h4-10,16-17H,19H2,1-3H3/t16-,17+/m0/s1. The number of methoxy groups -OCH3 is 2. The van der Waals surface area contributed by atoms with E-state index in [1.165, 1.54) is 0 Å². The van der Waals surface area contributed by atoms with Crippen molar-refractivity contribution in [1.29, 1.82) is 0 Å². The van der Waals surface area contributed by atoms with Crippen molar-refractivity contribution in [2.75, 3.05) is 19.1 Å². The van der Waals surface area contributed by atoms with E-state index in [2.05, 4.69) is 0 Å². The molecule has 1 heterocycles. The monoisotopic (exact) mass is 312 g/mol. The van der Waals surface area contributed by atoms with E-state index in [4.69, 9.17) is 15.2 Å². The zero-order valence-electron chi connectivity index (χ0n) is 13.4. The summed E-state index contributed by atoms with van der Waals surface area (Å²) in [5, 5.41) is 0. The fraction of sp³-hybridized carbons (Fsp3) is 0.278. The molecule has 23 heavy (non-hydrogen) atoms. The Morgan fingerprint density at radius 3 is 2.43 bits per heavy atom. The van der Waals surface area contributed by atoms with Gasteiger partial charge in [-0.05, 0) is 42.3 Å². The lowest BCUT2D eigenvalue weighted by Gasteiger charge is -2.45. The number of nitrogens with zero attached hydrogens (tertiary/aromatic N) is 1. The van der Waals surface area contributed by atoms with Gasteiger partial charge in [0.05, 0.1) is 20.3 Å². The molecule has 1 aliphatic rings. The fourth-order valence-electron chi connectivity index (χ4n) is 2.97. The molecule has 2 N–H and O–H groups in total. The molecule has 0 unspecified atom stereocenters. The number of rotatable bonds is 4. The highest BCUT2D eigenvalue weighted by Crippen LogP contribution is 2.41. The van der Waals surface area contributed by atoms with E-state index < -0.39 is 6.04 Å². The lowest BCUT2D eigenvalue weighted by atomic mass is 9.88. The van der Waals surface area contributed by atoms with Crippen LogP contribution in [0.25, 0.3) is 0 Å². The van der Waals surface area contributed by atoms with Crippen LogP contribution in [0.15, 0.2) is 42.5 Å². The summed E-state index contributed by atoms with van der Waals surface area (Å²) in [5.74, 6) is 1.20. The molecule has 1 aliphatic heterocycles. The van der Waals surface area contributed by atoms with E-state index in [1.54, 1.807) is 19.1 Å². The smallest absolute Gasteiger partial charge is 0.247 e. The minimum Gasteiger partial charge on any atom is -0.493 e. The maximum Gasteiger partial charge on any atom is 0.247 e. The number of hydrogen-bond donors (Lipinski definition) is 1. The molecule has 0 bridgehead atoms. The number of benzene rings is 2. The molecule has 0 spiro atoms. The van der Waals surface area contributed by atoms with Crippen molar-refractivity contribution in [3.05, 3.63) is 53.6 Å². The summed E-state index contributed by atoms with van der Waals surface area (Å²) in [7, 11) is 3.18. The second-order valence-electron chi connectivity index (χ2n) is 5.63. The molecular weight excluding hydrogens is 292 g/mol. The van der Waals surface area contributed by atoms with Gasteiger partial charge in [-0.3, -0.25) is 4.79 Å². The zero-order chi connectivity index (χ0) is 16.6. The maximum absolute atomic E-state index is 12.3. The first-order valence-electron chi connectivity index (χ1n) is 7.44. The molecule has 0 aliphatic carbocycles. The van der Waals surface area contributed by atoms with Crippen molar-refractivity contribution in [2.45, 2.75) is 19.0 Å². The summed E-state index contributed by atoms with van der Waals surface area (Å²) >= 11 is 0. The Labute approximate surface area is 135 Å². The third kappa shape index (κ3) is 2.53. The molecule has 0 saturated carbocycles. The maximum atomic E-state index is 12.3. The highest BCUT2D eigenvalue weighted by atomic mass is 16.5. The normalized spacial score (nSPS) is 20.2. The van der Waals surface area contributed by atoms with Crippen LogP contribution in [0.2, 0.25) is 0 Å². The fourth-order valence-corrected chi connectivity index (χ4v) is 2.97. The molecule has 2 atom stereocenters. The summed E-state index contributed by atoms with van der Waals surface area (Å²) in [6.07, 6.45) is 0. The molecule has 3 rings (SSSR count). The number of amides is 1. The number of hydrogen-bond acceptors (Lipinski definition) is 4. The van der Waals surface area contributed by atoms with Crippen LogP contribution < -0.4 is 20.1 Å². The van der Waals surface area contributed by atoms with Gasteiger partial charge < -0.3 is 20.1 Å². The molecule has 1 fully saturated rings. The Balaban J connectivity index is 1.99. The topological polar surface area (TPSA) is 64.8 Å². The van der Waals surface area contributed by atoms with Gasteiger partial charge in [0.2, 0.25) is 5.91 Å². The third-order valence-corrected chi connectivity index (χ3v) is 4.17. The summed E-state index contributed by atoms with van der Waals surface area (Å²) in [5.41, 5.74) is 8.95. The molecule has 2 aromatic rings. The van der Waals surface area contributed by atoms with Gasteiger partial charge in [-0.15, -0.1) is 0 Å². The molecular formula is C18H20N2O3. The molecule has 5 heteroatoms. The number of aryl methyl sites for hydroxylation is 1. The summed E-state index contributed by atoms with van der Waals surface area (Å²) in [4.78, 5) is 14.0. The van der Waals surface area contributed by atoms with Crippen molar-refractivity contribution < 1.29 is 14.3 Å². The lowest BCUT2D eigenvalue weighted by molar-refractivity contribution is -0.126. The molecule has 5 nitrogen and oxygen atoms in total. The number of nitrogens with two attached hydrogens (primary N) is 1. The lowest BCUT2D eigenvalue weighted by Crippen LogP contribution is -2.63. The predicted molar refractivity (Wildman–Crippen MR) is 88.9 cm³/mol. The average molecular weight is 312 g/mol. The Morgan fingerprint density at radius 2 is 1.78 bits per heavy atom. The first-order valence-corrected chi connectivity index (χ1v) is 7.44. The predicted octanol–water partition coefficient (Wildman–Crippen LogP) is 2.43. The third-order valence-electron chi connectivity index (χ3n) is 4.17. The van der Waals surface area contributed by atoms with Gasteiger partial charge >= 0.3 is 0 Å². The molecule has 2 aromatic carbocycles. The van der Waals surface area contributed by atoms with E-state index in [0.29, 0.717) is 11.5 Å². The quantitative estimate of drug-likeness (QED) is 0.881. The van der Waals surface area contributed by atoms with Crippen molar-refractivity contribution in [3.8, 4) is 11.5 Å². The number of carbonyl (C=O) groups excluding carboxylic acids is 1. The van der Waals surface area contributed by atoms with Crippen LogP contribution in [0.4, 0.5) is 5.69 Å². The minimum absolute atomic E-state index is 0.0737. The van der Waals surface area contributed by atoms with Gasteiger partial charge in [0.1, 0.15) is 6.04 Å². The molecule has 120 valence electrons. The van der Waals surface area contributed by atoms with Crippen molar-refractivity contribution in [1.82, 2.24) is 0 Å². The number of anilines is 1. The number of ether oxygens (including phenoxy) is 2. The van der Waals surface area contributed by atoms with Crippen LogP contribution in [0.3, 0.4) is 0 Å². The van der Waals surface area contributed by atoms with E-state index in [1.807, 2.05) is 49.4 Å². The molecule has 0 aromatic heterocycles. The van der Waals surface area contributed by atoms with Crippen LogP contribution in [0.1, 0.15) is 17.2 Å². The highest BCUT2D eigenvalue weighted by molar-refractivity contribution is 6.05. The largest absolute Gasteiger partial charge is 0.493 e. The van der Waals surface area contributed by atoms with Crippen LogP contribution in [0.5, 0.6) is 11.5 Å². The molecule has 0 radical (unpaired) electrons. The van der Waals surface area contributed by atoms with Gasteiger partial charge in [-0.2, -0.15) is 0 Å². The van der Waals surface area contributed by atoms with Gasteiger partial charge in [-0.25, -0.2) is 0 Å². The van der Waals surface area contributed by atoms with Crippen LogP contribution in [0, 0.1) is 6.92 Å². The van der Waals surface area contributed by atoms with Gasteiger partial charge in [-0.1, -0.05) is 18.2 Å². The van der Waals surface area contributed by atoms with E-state index in [0.717, 1.165) is 16.8 Å². The van der Waals surface area contributed by atoms with E-state index >= 15 is 0 Å². The molecule has 1 amide bonds. The average Bonchev–Trinajstić information content (AvgIpc) is 2.58. The minimum atomic E-state index is -0.548. The second-order valence-corrected chi connectivity index (χ2v) is 5.63. The second kappa shape index (κ2) is 5.93. The van der Waals surface area contributed by atoms with Crippen LogP contribution >= 0.6 is 0 Å². The Bertz CT molecular complexity index is 745. The van der Waals surface area contributed by atoms with Crippen LogP contribution in [-0.4, -0.2) is 26.2 Å². The Hall–Kier alpha value is -2.53. The van der Waals surface area contributed by atoms with Gasteiger partial charge in [0.25, 0.3) is 0 Å². The summed E-state index contributed by atoms with van der Waals surface area (Å²) in [6.45, 7) is 2.00. The number of β-lactam (4-membered cyclic amide) rings is 1. The first-order chi connectivity index (χ1) is 11.1. The Kier molecular flexibility index (Phi) is 3.96. The van der Waals surface area contributed by atoms with Crippen molar-refractivity contribution >= 4 is 11.6 Å². The van der Waals surface area contributed by atoms with Crippen molar-refractivity contribution in [2.24, 2.45) is 5.73 Å². The van der Waals surface area contributed by atoms with Crippen molar-refractivity contribution in [3.63, 3.8) is 0 Å².